The monoisotopic (exact) mass is 344 g/mol. The zero-order chi connectivity index (χ0) is 18.2. The van der Waals surface area contributed by atoms with Crippen molar-refractivity contribution >= 4 is 0 Å². The van der Waals surface area contributed by atoms with Gasteiger partial charge < -0.3 is 0 Å². The Morgan fingerprint density at radius 2 is 1.48 bits per heavy atom. The van der Waals surface area contributed by atoms with E-state index in [1.165, 1.54) is 12.8 Å². The van der Waals surface area contributed by atoms with Crippen molar-refractivity contribution in [3.05, 3.63) is 60.8 Å². The molecular formula is C23H36O2. The molecule has 0 aromatic rings. The average Bonchev–Trinajstić information content (AvgIpc) is 3.10. The lowest BCUT2D eigenvalue weighted by Crippen LogP contribution is -2.15. The first kappa shape index (κ1) is 21.7. The minimum Gasteiger partial charge on any atom is -0.232 e. The molecule has 2 nitrogen and oxygen atoms in total. The number of hydrogen-bond acceptors (Lipinski definition) is 2. The van der Waals surface area contributed by atoms with Crippen LogP contribution >= 0.6 is 0 Å². The SMILES string of the molecule is CCC/C=C\C/C=C\C/C=C\C/C=C\C=C\C1CC(C(C)CC)OO1. The highest BCUT2D eigenvalue weighted by molar-refractivity contribution is 5.08. The van der Waals surface area contributed by atoms with Crippen molar-refractivity contribution in [3.8, 4) is 0 Å². The number of unbranched alkanes of at least 4 members (excludes halogenated alkanes) is 1. The fourth-order valence-corrected chi connectivity index (χ4v) is 2.50. The zero-order valence-electron chi connectivity index (χ0n) is 16.3. The predicted molar refractivity (Wildman–Crippen MR) is 108 cm³/mol. The quantitative estimate of drug-likeness (QED) is 0.218. The summed E-state index contributed by atoms with van der Waals surface area (Å²) in [5.74, 6) is 0.556. The van der Waals surface area contributed by atoms with Gasteiger partial charge in [0, 0.05) is 6.42 Å². The van der Waals surface area contributed by atoms with Crippen LogP contribution in [0.2, 0.25) is 0 Å². The van der Waals surface area contributed by atoms with Crippen LogP contribution in [0.3, 0.4) is 0 Å². The van der Waals surface area contributed by atoms with Gasteiger partial charge >= 0.3 is 0 Å². The summed E-state index contributed by atoms with van der Waals surface area (Å²) in [4.78, 5) is 10.7. The van der Waals surface area contributed by atoms with Crippen LogP contribution in [0.5, 0.6) is 0 Å². The van der Waals surface area contributed by atoms with E-state index in [0.29, 0.717) is 5.92 Å². The van der Waals surface area contributed by atoms with Crippen molar-refractivity contribution in [3.63, 3.8) is 0 Å². The van der Waals surface area contributed by atoms with E-state index in [0.717, 1.165) is 32.1 Å². The maximum Gasteiger partial charge on any atom is 0.114 e. The summed E-state index contributed by atoms with van der Waals surface area (Å²) in [7, 11) is 0. The molecule has 0 spiro atoms. The summed E-state index contributed by atoms with van der Waals surface area (Å²) in [6.07, 6.45) is 29.6. The van der Waals surface area contributed by atoms with E-state index in [1.54, 1.807) is 0 Å². The van der Waals surface area contributed by atoms with Gasteiger partial charge in [-0.2, -0.15) is 0 Å². The van der Waals surface area contributed by atoms with E-state index in [1.807, 2.05) is 0 Å². The zero-order valence-corrected chi connectivity index (χ0v) is 16.3. The highest BCUT2D eigenvalue weighted by Crippen LogP contribution is 2.25. The lowest BCUT2D eigenvalue weighted by molar-refractivity contribution is -0.295. The molecule has 0 aromatic heterocycles. The highest BCUT2D eigenvalue weighted by Gasteiger charge is 2.28. The fourth-order valence-electron chi connectivity index (χ4n) is 2.50. The second kappa shape index (κ2) is 14.9. The van der Waals surface area contributed by atoms with Gasteiger partial charge in [0.2, 0.25) is 0 Å². The van der Waals surface area contributed by atoms with Crippen LogP contribution in [0.1, 0.15) is 65.7 Å². The van der Waals surface area contributed by atoms with E-state index in [2.05, 4.69) is 81.5 Å². The van der Waals surface area contributed by atoms with Crippen molar-refractivity contribution in [1.82, 2.24) is 0 Å². The summed E-state index contributed by atoms with van der Waals surface area (Å²) >= 11 is 0. The Labute approximate surface area is 154 Å². The second-order valence-electron chi connectivity index (χ2n) is 6.61. The maximum atomic E-state index is 5.39. The Hall–Kier alpha value is -1.38. The highest BCUT2D eigenvalue weighted by atomic mass is 17.2. The lowest BCUT2D eigenvalue weighted by Gasteiger charge is -2.12. The largest absolute Gasteiger partial charge is 0.232 e. The lowest BCUT2D eigenvalue weighted by atomic mass is 9.97. The summed E-state index contributed by atoms with van der Waals surface area (Å²) in [5.41, 5.74) is 0. The van der Waals surface area contributed by atoms with Crippen molar-refractivity contribution in [2.75, 3.05) is 0 Å². The first-order valence-electron chi connectivity index (χ1n) is 9.88. The first-order valence-corrected chi connectivity index (χ1v) is 9.88. The standard InChI is InChI=1S/C23H36O2/c1-4-6-7-8-9-10-11-12-13-14-15-16-17-18-19-22-20-23(25-24-22)21(3)5-2/h7-8,10-11,13-14,16-19,21-23H,4-6,9,12,15,20H2,1-3H3/b8-7-,11-10-,14-13-,17-16-,19-18+. The van der Waals surface area contributed by atoms with Crippen molar-refractivity contribution in [1.29, 1.82) is 0 Å². The Kier molecular flexibility index (Phi) is 12.9. The smallest absolute Gasteiger partial charge is 0.114 e. The normalized spacial score (nSPS) is 23.3. The van der Waals surface area contributed by atoms with E-state index >= 15 is 0 Å². The van der Waals surface area contributed by atoms with E-state index in [4.69, 9.17) is 9.78 Å². The average molecular weight is 345 g/mol. The molecule has 1 aliphatic rings. The van der Waals surface area contributed by atoms with E-state index in [9.17, 15) is 0 Å². The molecule has 1 fully saturated rings. The summed E-state index contributed by atoms with van der Waals surface area (Å²) in [5, 5.41) is 0. The van der Waals surface area contributed by atoms with Crippen LogP contribution < -0.4 is 0 Å². The predicted octanol–water partition coefficient (Wildman–Crippen LogP) is 6.87. The van der Waals surface area contributed by atoms with Crippen LogP contribution in [-0.4, -0.2) is 12.2 Å². The molecule has 3 unspecified atom stereocenters. The van der Waals surface area contributed by atoms with Crippen LogP contribution in [0.4, 0.5) is 0 Å². The molecule has 0 bridgehead atoms. The second-order valence-corrected chi connectivity index (χ2v) is 6.61. The molecular weight excluding hydrogens is 308 g/mol. The first-order chi connectivity index (χ1) is 12.3. The summed E-state index contributed by atoms with van der Waals surface area (Å²) in [6, 6.07) is 0. The van der Waals surface area contributed by atoms with Crippen molar-refractivity contribution < 1.29 is 9.78 Å². The number of allylic oxidation sites excluding steroid dienone is 9. The molecule has 1 heterocycles. The minimum atomic E-state index is 0.0932. The molecule has 1 saturated heterocycles. The third kappa shape index (κ3) is 11.0. The van der Waals surface area contributed by atoms with Gasteiger partial charge in [-0.05, 0) is 31.6 Å². The number of rotatable bonds is 12. The van der Waals surface area contributed by atoms with Crippen molar-refractivity contribution in [2.24, 2.45) is 5.92 Å². The molecule has 25 heavy (non-hydrogen) atoms. The fraction of sp³-hybridized carbons (Fsp3) is 0.565. The van der Waals surface area contributed by atoms with Gasteiger partial charge in [-0.3, -0.25) is 0 Å². The Morgan fingerprint density at radius 1 is 0.840 bits per heavy atom. The van der Waals surface area contributed by atoms with Crippen molar-refractivity contribution in [2.45, 2.75) is 77.9 Å². The Bertz CT molecular complexity index is 457. The molecule has 0 N–H and O–H groups in total. The molecule has 0 aromatic carbocycles. The number of hydrogen-bond donors (Lipinski definition) is 0. The van der Waals surface area contributed by atoms with Gasteiger partial charge in [0.15, 0.2) is 0 Å². The Balaban J connectivity index is 2.07. The van der Waals surface area contributed by atoms with E-state index in [-0.39, 0.29) is 12.2 Å². The van der Waals surface area contributed by atoms with Crippen LogP contribution in [-0.2, 0) is 9.78 Å². The molecule has 1 aliphatic heterocycles. The topological polar surface area (TPSA) is 18.5 Å². The Morgan fingerprint density at radius 3 is 2.12 bits per heavy atom. The molecule has 3 atom stereocenters. The molecule has 0 amide bonds. The molecule has 140 valence electrons. The van der Waals surface area contributed by atoms with Gasteiger partial charge in [0.1, 0.15) is 6.10 Å². The van der Waals surface area contributed by atoms with Gasteiger partial charge in [-0.15, -0.1) is 0 Å². The van der Waals surface area contributed by atoms with E-state index < -0.39 is 0 Å². The van der Waals surface area contributed by atoms with Gasteiger partial charge in [-0.25, -0.2) is 9.78 Å². The van der Waals surface area contributed by atoms with Gasteiger partial charge in [0.05, 0.1) is 6.10 Å². The third-order valence-electron chi connectivity index (χ3n) is 4.39. The maximum absolute atomic E-state index is 5.39. The molecule has 0 aliphatic carbocycles. The molecule has 1 rings (SSSR count). The summed E-state index contributed by atoms with van der Waals surface area (Å²) < 4.78 is 0. The third-order valence-corrected chi connectivity index (χ3v) is 4.39. The van der Waals surface area contributed by atoms with Crippen LogP contribution in [0.25, 0.3) is 0 Å². The van der Waals surface area contributed by atoms with Crippen LogP contribution in [0.15, 0.2) is 60.8 Å². The molecule has 2 heteroatoms. The van der Waals surface area contributed by atoms with Gasteiger partial charge in [-0.1, -0.05) is 94.4 Å². The van der Waals surface area contributed by atoms with Gasteiger partial charge in [0.25, 0.3) is 0 Å². The van der Waals surface area contributed by atoms with Crippen LogP contribution in [0, 0.1) is 5.92 Å². The minimum absolute atomic E-state index is 0.0932. The molecule has 0 radical (unpaired) electrons. The molecule has 0 saturated carbocycles. The summed E-state index contributed by atoms with van der Waals surface area (Å²) in [6.45, 7) is 6.61.